The summed E-state index contributed by atoms with van der Waals surface area (Å²) in [4.78, 5) is 29.4. The number of rotatable bonds is 11. The molecule has 0 saturated heterocycles. The minimum atomic E-state index is -0.838. The van der Waals surface area contributed by atoms with Crippen LogP contribution in [0.2, 0.25) is 0 Å². The molecule has 1 unspecified atom stereocenters. The van der Waals surface area contributed by atoms with Gasteiger partial charge in [-0.1, -0.05) is 79.2 Å². The fraction of sp³-hybridized carbons (Fsp3) is 0.333. The van der Waals surface area contributed by atoms with Crippen LogP contribution in [0.15, 0.2) is 72.8 Å². The summed E-state index contributed by atoms with van der Waals surface area (Å²) in [5.41, 5.74) is 4.08. The average molecular weight is 514 g/mol. The van der Waals surface area contributed by atoms with Gasteiger partial charge in [-0.3, -0.25) is 9.59 Å². The first-order valence-corrected chi connectivity index (χ1v) is 12.9. The number of hydrogen-bond acceptors (Lipinski definition) is 5. The number of carbonyl (C=O) groups excluding carboxylic acids is 2. The maximum Gasteiger partial charge on any atom is 0.247 e. The lowest BCUT2D eigenvalue weighted by Gasteiger charge is -2.32. The summed E-state index contributed by atoms with van der Waals surface area (Å²) in [5.74, 6) is 0.622. The zero-order valence-electron chi connectivity index (χ0n) is 22.4. The Morgan fingerprint density at radius 3 is 2.45 bits per heavy atom. The highest BCUT2D eigenvalue weighted by molar-refractivity contribution is 5.89. The lowest BCUT2D eigenvalue weighted by atomic mass is 10.0. The summed E-state index contributed by atoms with van der Waals surface area (Å²) in [7, 11) is 1.60. The van der Waals surface area contributed by atoms with Crippen LogP contribution in [-0.2, 0) is 22.7 Å². The van der Waals surface area contributed by atoms with Gasteiger partial charge in [0.1, 0.15) is 23.9 Å². The summed E-state index contributed by atoms with van der Waals surface area (Å²) in [6, 6.07) is 21.9. The van der Waals surface area contributed by atoms with Crippen molar-refractivity contribution in [1.82, 2.24) is 25.2 Å². The maximum absolute atomic E-state index is 14.0. The molecule has 8 heteroatoms. The Labute approximate surface area is 223 Å². The van der Waals surface area contributed by atoms with Crippen LogP contribution in [-0.4, -0.2) is 45.4 Å². The smallest absolute Gasteiger partial charge is 0.247 e. The van der Waals surface area contributed by atoms with Crippen LogP contribution in [0, 0.1) is 12.8 Å². The van der Waals surface area contributed by atoms with Crippen molar-refractivity contribution in [3.63, 3.8) is 0 Å². The van der Waals surface area contributed by atoms with Gasteiger partial charge in [-0.2, -0.15) is 0 Å². The molecule has 0 bridgehead atoms. The van der Waals surface area contributed by atoms with Crippen molar-refractivity contribution < 1.29 is 14.3 Å². The Bertz CT molecular complexity index is 1380. The Morgan fingerprint density at radius 1 is 1.00 bits per heavy atom. The summed E-state index contributed by atoms with van der Waals surface area (Å²) >= 11 is 0. The third kappa shape index (κ3) is 6.37. The van der Waals surface area contributed by atoms with Crippen LogP contribution in [0.1, 0.15) is 43.0 Å². The van der Waals surface area contributed by atoms with Crippen molar-refractivity contribution in [1.29, 1.82) is 0 Å². The molecular formula is C30H35N5O3. The number of nitrogens with zero attached hydrogens (tertiary/aromatic N) is 4. The number of amides is 2. The first-order valence-electron chi connectivity index (χ1n) is 12.9. The van der Waals surface area contributed by atoms with E-state index >= 15 is 0 Å². The molecule has 1 aromatic heterocycles. The van der Waals surface area contributed by atoms with E-state index in [1.165, 1.54) is 0 Å². The Kier molecular flexibility index (Phi) is 8.73. The molecule has 0 radical (unpaired) electrons. The van der Waals surface area contributed by atoms with E-state index in [-0.39, 0.29) is 24.9 Å². The van der Waals surface area contributed by atoms with E-state index in [2.05, 4.69) is 29.5 Å². The SMILES string of the molecule is COc1ccccc1CN(C(=O)Cn1nnc2ccccc21)C(C(=O)NCCC(C)C)c1ccc(C)cc1. The van der Waals surface area contributed by atoms with Crippen LogP contribution in [0.3, 0.4) is 0 Å². The predicted octanol–water partition coefficient (Wildman–Crippen LogP) is 4.68. The van der Waals surface area contributed by atoms with Gasteiger partial charge >= 0.3 is 0 Å². The van der Waals surface area contributed by atoms with Crippen molar-refractivity contribution >= 4 is 22.8 Å². The molecule has 198 valence electrons. The van der Waals surface area contributed by atoms with Gasteiger partial charge in [0, 0.05) is 12.1 Å². The highest BCUT2D eigenvalue weighted by Crippen LogP contribution is 2.28. The van der Waals surface area contributed by atoms with Gasteiger partial charge < -0.3 is 15.0 Å². The summed E-state index contributed by atoms with van der Waals surface area (Å²) in [5, 5.41) is 11.5. The molecule has 1 N–H and O–H groups in total. The van der Waals surface area contributed by atoms with E-state index in [0.29, 0.717) is 23.7 Å². The van der Waals surface area contributed by atoms with Crippen LogP contribution in [0.25, 0.3) is 11.0 Å². The van der Waals surface area contributed by atoms with Gasteiger partial charge in [0.15, 0.2) is 0 Å². The van der Waals surface area contributed by atoms with Gasteiger partial charge in [-0.15, -0.1) is 5.10 Å². The summed E-state index contributed by atoms with van der Waals surface area (Å²) < 4.78 is 7.16. The highest BCUT2D eigenvalue weighted by Gasteiger charge is 2.32. The van der Waals surface area contributed by atoms with Crippen molar-refractivity contribution in [2.45, 2.75) is 46.3 Å². The van der Waals surface area contributed by atoms with E-state index < -0.39 is 6.04 Å². The normalized spacial score (nSPS) is 11.9. The minimum Gasteiger partial charge on any atom is -0.496 e. The number of hydrogen-bond donors (Lipinski definition) is 1. The number of fused-ring (bicyclic) bond motifs is 1. The molecule has 0 fully saturated rings. The Morgan fingerprint density at radius 2 is 1.71 bits per heavy atom. The number of aromatic nitrogens is 3. The van der Waals surface area contributed by atoms with Crippen molar-refractivity contribution in [2.75, 3.05) is 13.7 Å². The summed E-state index contributed by atoms with van der Waals surface area (Å²) in [6.07, 6.45) is 0.845. The van der Waals surface area contributed by atoms with Crippen molar-refractivity contribution in [2.24, 2.45) is 5.92 Å². The second kappa shape index (κ2) is 12.4. The molecule has 2 amide bonds. The third-order valence-electron chi connectivity index (χ3n) is 6.53. The van der Waals surface area contributed by atoms with Crippen LogP contribution in [0.5, 0.6) is 5.75 Å². The highest BCUT2D eigenvalue weighted by atomic mass is 16.5. The van der Waals surface area contributed by atoms with E-state index in [9.17, 15) is 9.59 Å². The van der Waals surface area contributed by atoms with Gasteiger partial charge in [0.25, 0.3) is 0 Å². The Balaban J connectivity index is 1.74. The van der Waals surface area contributed by atoms with Crippen molar-refractivity contribution in [3.05, 3.63) is 89.5 Å². The number of ether oxygens (including phenoxy) is 1. The topological polar surface area (TPSA) is 89.3 Å². The van der Waals surface area contributed by atoms with E-state index in [0.717, 1.165) is 28.6 Å². The molecule has 4 rings (SSSR count). The molecule has 1 heterocycles. The number of methoxy groups -OCH3 is 1. The lowest BCUT2D eigenvalue weighted by molar-refractivity contribution is -0.142. The quantitative estimate of drug-likeness (QED) is 0.315. The molecule has 0 aliphatic heterocycles. The standard InChI is InChI=1S/C30H35N5O3/c1-21(2)17-18-31-30(37)29(23-15-13-22(3)14-16-23)34(19-24-9-5-8-12-27(24)38-4)28(36)20-35-26-11-7-6-10-25(26)32-33-35/h5-16,21,29H,17-20H2,1-4H3,(H,31,37). The van der Waals surface area contributed by atoms with Gasteiger partial charge in [-0.25, -0.2) is 4.68 Å². The van der Waals surface area contributed by atoms with Crippen LogP contribution in [0.4, 0.5) is 0 Å². The summed E-state index contributed by atoms with van der Waals surface area (Å²) in [6.45, 7) is 6.88. The van der Waals surface area contributed by atoms with Crippen LogP contribution < -0.4 is 10.1 Å². The maximum atomic E-state index is 14.0. The van der Waals surface area contributed by atoms with Gasteiger partial charge in [0.05, 0.1) is 19.2 Å². The number of para-hydroxylation sites is 2. The van der Waals surface area contributed by atoms with Gasteiger partial charge in [0.2, 0.25) is 11.8 Å². The van der Waals surface area contributed by atoms with Gasteiger partial charge in [-0.05, 0) is 43.0 Å². The molecule has 0 aliphatic rings. The molecule has 0 saturated carbocycles. The number of carbonyl (C=O) groups is 2. The number of aryl methyl sites for hydroxylation is 1. The first kappa shape index (κ1) is 26.9. The molecule has 8 nitrogen and oxygen atoms in total. The Hall–Kier alpha value is -4.20. The minimum absolute atomic E-state index is 0.0582. The molecule has 3 aromatic carbocycles. The van der Waals surface area contributed by atoms with Crippen LogP contribution >= 0.6 is 0 Å². The monoisotopic (exact) mass is 513 g/mol. The largest absolute Gasteiger partial charge is 0.496 e. The molecule has 4 aromatic rings. The van der Waals surface area contributed by atoms with E-state index in [1.807, 2.05) is 79.7 Å². The van der Waals surface area contributed by atoms with E-state index in [4.69, 9.17) is 4.74 Å². The fourth-order valence-electron chi connectivity index (χ4n) is 4.40. The number of nitrogens with one attached hydrogen (secondary N) is 1. The third-order valence-corrected chi connectivity index (χ3v) is 6.53. The molecule has 38 heavy (non-hydrogen) atoms. The molecule has 0 spiro atoms. The number of benzene rings is 3. The second-order valence-electron chi connectivity index (χ2n) is 9.86. The zero-order chi connectivity index (χ0) is 27.1. The molecular weight excluding hydrogens is 478 g/mol. The predicted molar refractivity (Wildman–Crippen MR) is 147 cm³/mol. The second-order valence-corrected chi connectivity index (χ2v) is 9.86. The fourth-order valence-corrected chi connectivity index (χ4v) is 4.40. The van der Waals surface area contributed by atoms with E-state index in [1.54, 1.807) is 16.7 Å². The average Bonchev–Trinajstić information content (AvgIpc) is 3.32. The molecule has 1 atom stereocenters. The van der Waals surface area contributed by atoms with Crippen molar-refractivity contribution in [3.8, 4) is 5.75 Å². The lowest BCUT2D eigenvalue weighted by Crippen LogP contribution is -2.45. The first-order chi connectivity index (χ1) is 18.4. The molecule has 0 aliphatic carbocycles. The zero-order valence-corrected chi connectivity index (χ0v) is 22.4.